The second-order valence-corrected chi connectivity index (χ2v) is 6.82. The van der Waals surface area contributed by atoms with Crippen molar-refractivity contribution in [1.29, 1.82) is 0 Å². The minimum absolute atomic E-state index is 0.0781. The topological polar surface area (TPSA) is 76.0 Å². The zero-order chi connectivity index (χ0) is 17.2. The molecule has 0 spiro atoms. The maximum atomic E-state index is 12.5. The number of imidazole rings is 1. The van der Waals surface area contributed by atoms with Crippen LogP contribution in [0.4, 0.5) is 11.5 Å². The van der Waals surface area contributed by atoms with E-state index in [-0.39, 0.29) is 17.7 Å². The lowest BCUT2D eigenvalue weighted by Gasteiger charge is -2.24. The van der Waals surface area contributed by atoms with Gasteiger partial charge in [-0.15, -0.1) is 0 Å². The van der Waals surface area contributed by atoms with Gasteiger partial charge in [0.15, 0.2) is 0 Å². The van der Waals surface area contributed by atoms with Crippen molar-refractivity contribution in [2.24, 2.45) is 5.92 Å². The van der Waals surface area contributed by atoms with E-state index in [9.17, 15) is 9.59 Å². The van der Waals surface area contributed by atoms with Crippen molar-refractivity contribution in [2.75, 3.05) is 10.6 Å². The summed E-state index contributed by atoms with van der Waals surface area (Å²) >= 11 is 0. The van der Waals surface area contributed by atoms with Crippen molar-refractivity contribution in [2.45, 2.75) is 45.1 Å². The first kappa shape index (κ1) is 15.9. The van der Waals surface area contributed by atoms with Crippen LogP contribution in [-0.4, -0.2) is 21.4 Å². The first-order chi connectivity index (χ1) is 12.2. The summed E-state index contributed by atoms with van der Waals surface area (Å²) < 4.78 is 2.08. The predicted molar refractivity (Wildman–Crippen MR) is 95.5 cm³/mol. The zero-order valence-electron chi connectivity index (χ0n) is 14.1. The largest absolute Gasteiger partial charge is 0.326 e. The van der Waals surface area contributed by atoms with Crippen LogP contribution in [0.3, 0.4) is 0 Å². The lowest BCUT2D eigenvalue weighted by Crippen LogP contribution is -2.28. The molecule has 6 nitrogen and oxygen atoms in total. The van der Waals surface area contributed by atoms with Gasteiger partial charge >= 0.3 is 0 Å². The van der Waals surface area contributed by atoms with Crippen molar-refractivity contribution < 1.29 is 9.59 Å². The van der Waals surface area contributed by atoms with Crippen LogP contribution in [0.5, 0.6) is 0 Å². The minimum Gasteiger partial charge on any atom is -0.326 e. The Morgan fingerprint density at radius 3 is 2.56 bits per heavy atom. The number of amides is 2. The van der Waals surface area contributed by atoms with Gasteiger partial charge in [-0.2, -0.15) is 0 Å². The number of fused-ring (bicyclic) bond motifs is 1. The average Bonchev–Trinajstić information content (AvgIpc) is 2.97. The van der Waals surface area contributed by atoms with Gasteiger partial charge in [0, 0.05) is 30.1 Å². The summed E-state index contributed by atoms with van der Waals surface area (Å²) in [6.07, 6.45) is 8.04. The molecule has 0 bridgehead atoms. The number of hydrogen-bond donors (Lipinski definition) is 2. The molecular formula is C19H22N4O2. The smallest absolute Gasteiger partial charge is 0.256 e. The second kappa shape index (κ2) is 6.70. The highest BCUT2D eigenvalue weighted by Crippen LogP contribution is 2.27. The van der Waals surface area contributed by atoms with Gasteiger partial charge < -0.3 is 15.2 Å². The average molecular weight is 338 g/mol. The highest BCUT2D eigenvalue weighted by atomic mass is 16.2. The molecule has 1 aliphatic carbocycles. The van der Waals surface area contributed by atoms with Crippen LogP contribution in [0, 0.1) is 5.92 Å². The van der Waals surface area contributed by atoms with Crippen LogP contribution in [0.1, 0.15) is 48.3 Å². The molecule has 2 heterocycles. The fourth-order valence-corrected chi connectivity index (χ4v) is 3.32. The molecule has 0 radical (unpaired) electrons. The van der Waals surface area contributed by atoms with Crippen molar-refractivity contribution >= 4 is 23.3 Å². The number of nitrogens with one attached hydrogen (secondary N) is 2. The van der Waals surface area contributed by atoms with Gasteiger partial charge in [-0.1, -0.05) is 6.42 Å². The first-order valence-electron chi connectivity index (χ1n) is 8.97. The molecule has 2 N–H and O–H groups in total. The van der Waals surface area contributed by atoms with Crippen LogP contribution >= 0.6 is 0 Å². The number of nitrogens with zero attached hydrogens (tertiary/aromatic N) is 2. The standard InChI is InChI=1S/C19H22N4O2/c24-18(13-4-3-5-13)21-15-9-7-14(8-10-15)19(25)22-17-12-20-16-6-1-2-11-23(16)17/h7-10,12-13H,1-6,11H2,(H,21,24)(H,22,25). The number of anilines is 2. The van der Waals surface area contributed by atoms with Gasteiger partial charge in [0.2, 0.25) is 5.91 Å². The van der Waals surface area contributed by atoms with E-state index >= 15 is 0 Å². The van der Waals surface area contributed by atoms with Crippen molar-refractivity contribution in [1.82, 2.24) is 9.55 Å². The van der Waals surface area contributed by atoms with Crippen molar-refractivity contribution in [3.63, 3.8) is 0 Å². The molecule has 1 saturated carbocycles. The number of carbonyl (C=O) groups excluding carboxylic acids is 2. The van der Waals surface area contributed by atoms with Gasteiger partial charge in [-0.3, -0.25) is 9.59 Å². The minimum atomic E-state index is -0.162. The van der Waals surface area contributed by atoms with E-state index in [1.54, 1.807) is 30.5 Å². The Balaban J connectivity index is 1.40. The summed E-state index contributed by atoms with van der Waals surface area (Å²) in [5.74, 6) is 1.85. The lowest BCUT2D eigenvalue weighted by molar-refractivity contribution is -0.122. The zero-order valence-corrected chi connectivity index (χ0v) is 14.1. The Labute approximate surface area is 146 Å². The van der Waals surface area contributed by atoms with Crippen LogP contribution in [0.2, 0.25) is 0 Å². The van der Waals surface area contributed by atoms with Crippen LogP contribution in [0.15, 0.2) is 30.5 Å². The summed E-state index contributed by atoms with van der Waals surface area (Å²) in [5.41, 5.74) is 1.29. The summed E-state index contributed by atoms with van der Waals surface area (Å²) in [4.78, 5) is 28.8. The Hall–Kier alpha value is -2.63. The monoisotopic (exact) mass is 338 g/mol. The van der Waals surface area contributed by atoms with Crippen LogP contribution < -0.4 is 10.6 Å². The number of aryl methyl sites for hydroxylation is 1. The first-order valence-corrected chi connectivity index (χ1v) is 8.97. The van der Waals surface area contributed by atoms with Crippen LogP contribution in [0.25, 0.3) is 0 Å². The number of hydrogen-bond acceptors (Lipinski definition) is 3. The Morgan fingerprint density at radius 2 is 1.84 bits per heavy atom. The molecule has 0 unspecified atom stereocenters. The Morgan fingerprint density at radius 1 is 1.04 bits per heavy atom. The van der Waals surface area contributed by atoms with Gasteiger partial charge in [0.25, 0.3) is 5.91 Å². The molecule has 1 aromatic carbocycles. The second-order valence-electron chi connectivity index (χ2n) is 6.82. The Bertz CT molecular complexity index is 790. The maximum absolute atomic E-state index is 12.5. The highest BCUT2D eigenvalue weighted by Gasteiger charge is 2.25. The molecule has 0 saturated heterocycles. The molecule has 1 aliphatic heterocycles. The van der Waals surface area contributed by atoms with Gasteiger partial charge in [-0.25, -0.2) is 4.98 Å². The van der Waals surface area contributed by atoms with E-state index in [4.69, 9.17) is 0 Å². The fourth-order valence-electron chi connectivity index (χ4n) is 3.32. The highest BCUT2D eigenvalue weighted by molar-refractivity contribution is 6.04. The molecule has 2 aromatic rings. The van der Waals surface area contributed by atoms with Crippen LogP contribution in [-0.2, 0) is 17.8 Å². The molecule has 4 rings (SSSR count). The summed E-state index contributed by atoms with van der Waals surface area (Å²) in [6, 6.07) is 7.02. The van der Waals surface area contributed by atoms with Gasteiger partial charge in [0.1, 0.15) is 11.6 Å². The van der Waals surface area contributed by atoms with Gasteiger partial charge in [-0.05, 0) is 49.9 Å². The fraction of sp³-hybridized carbons (Fsp3) is 0.421. The number of rotatable bonds is 4. The van der Waals surface area contributed by atoms with E-state index < -0.39 is 0 Å². The predicted octanol–water partition coefficient (Wildman–Crippen LogP) is 3.21. The van der Waals surface area contributed by atoms with Crippen molar-refractivity contribution in [3.05, 3.63) is 41.9 Å². The molecule has 130 valence electrons. The summed E-state index contributed by atoms with van der Waals surface area (Å²) in [5, 5.41) is 5.85. The third-order valence-electron chi connectivity index (χ3n) is 5.10. The SMILES string of the molecule is O=C(Nc1cnc2n1CCCC2)c1ccc(NC(=O)C2CCC2)cc1. The molecule has 1 aromatic heterocycles. The van der Waals surface area contributed by atoms with E-state index in [1.807, 2.05) is 0 Å². The van der Waals surface area contributed by atoms with E-state index in [0.29, 0.717) is 5.56 Å². The van der Waals surface area contributed by atoms with Gasteiger partial charge in [0.05, 0.1) is 6.20 Å². The third-order valence-corrected chi connectivity index (χ3v) is 5.10. The quantitative estimate of drug-likeness (QED) is 0.899. The van der Waals surface area contributed by atoms with E-state index in [2.05, 4.69) is 20.2 Å². The summed E-state index contributed by atoms with van der Waals surface area (Å²) in [7, 11) is 0. The molecule has 6 heteroatoms. The van der Waals surface area contributed by atoms with E-state index in [0.717, 1.165) is 62.4 Å². The number of aromatic nitrogens is 2. The molecule has 1 fully saturated rings. The third kappa shape index (κ3) is 3.29. The molecule has 25 heavy (non-hydrogen) atoms. The lowest BCUT2D eigenvalue weighted by atomic mass is 9.85. The maximum Gasteiger partial charge on any atom is 0.256 e. The van der Waals surface area contributed by atoms with E-state index in [1.165, 1.54) is 0 Å². The Kier molecular flexibility index (Phi) is 4.26. The number of carbonyl (C=O) groups is 2. The molecule has 0 atom stereocenters. The molecule has 2 amide bonds. The number of benzene rings is 1. The normalized spacial score (nSPS) is 16.6. The molecule has 2 aliphatic rings. The molecular weight excluding hydrogens is 316 g/mol. The summed E-state index contributed by atoms with van der Waals surface area (Å²) in [6.45, 7) is 0.900. The van der Waals surface area contributed by atoms with Crippen molar-refractivity contribution in [3.8, 4) is 0 Å².